The number of hydrogen-bond donors (Lipinski definition) is 1. The van der Waals surface area contributed by atoms with Gasteiger partial charge in [-0.3, -0.25) is 4.90 Å². The van der Waals surface area contributed by atoms with Gasteiger partial charge in [0, 0.05) is 6.54 Å². The zero-order valence-electron chi connectivity index (χ0n) is 10.1. The third kappa shape index (κ3) is 2.16. The first kappa shape index (κ1) is 12.4. The molecule has 2 rings (SSSR count). The predicted octanol–water partition coefficient (Wildman–Crippen LogP) is 2.12. The normalized spacial score (nSPS) is 22.8. The van der Waals surface area contributed by atoms with Crippen LogP contribution in [-0.4, -0.2) is 34.2 Å². The SMILES string of the molecule is CC1(C(=O)O)CCCN1C(=O)Oc1ccccc1. The van der Waals surface area contributed by atoms with E-state index in [1.165, 1.54) is 4.90 Å². The Morgan fingerprint density at radius 2 is 2.00 bits per heavy atom. The van der Waals surface area contributed by atoms with Crippen LogP contribution in [0.25, 0.3) is 0 Å². The van der Waals surface area contributed by atoms with Gasteiger partial charge in [-0.25, -0.2) is 9.59 Å². The number of carboxylic acids is 1. The van der Waals surface area contributed by atoms with Crippen LogP contribution in [0, 0.1) is 0 Å². The van der Waals surface area contributed by atoms with Crippen LogP contribution in [0.15, 0.2) is 30.3 Å². The van der Waals surface area contributed by atoms with Gasteiger partial charge >= 0.3 is 12.1 Å². The number of ether oxygens (including phenoxy) is 1. The van der Waals surface area contributed by atoms with E-state index in [0.29, 0.717) is 25.1 Å². The number of rotatable bonds is 2. The summed E-state index contributed by atoms with van der Waals surface area (Å²) in [5, 5.41) is 9.21. The van der Waals surface area contributed by atoms with Gasteiger partial charge in [-0.15, -0.1) is 0 Å². The molecule has 1 heterocycles. The lowest BCUT2D eigenvalue weighted by atomic mass is 10.00. The number of para-hydroxylation sites is 1. The van der Waals surface area contributed by atoms with Crippen LogP contribution < -0.4 is 4.74 Å². The topological polar surface area (TPSA) is 66.8 Å². The van der Waals surface area contributed by atoms with Crippen LogP contribution in [0.3, 0.4) is 0 Å². The molecule has 0 aromatic heterocycles. The monoisotopic (exact) mass is 249 g/mol. The highest BCUT2D eigenvalue weighted by Crippen LogP contribution is 2.30. The summed E-state index contributed by atoms with van der Waals surface area (Å²) in [6.45, 7) is 1.96. The molecule has 1 fully saturated rings. The molecule has 5 nitrogen and oxygen atoms in total. The molecule has 0 radical (unpaired) electrons. The smallest absolute Gasteiger partial charge is 0.416 e. The molecule has 1 aromatic rings. The van der Waals surface area contributed by atoms with Crippen molar-refractivity contribution in [3.63, 3.8) is 0 Å². The Morgan fingerprint density at radius 1 is 1.33 bits per heavy atom. The molecule has 5 heteroatoms. The zero-order valence-corrected chi connectivity index (χ0v) is 10.1. The molecule has 1 saturated heterocycles. The Morgan fingerprint density at radius 3 is 2.61 bits per heavy atom. The molecule has 1 aromatic carbocycles. The third-order valence-electron chi connectivity index (χ3n) is 3.27. The Balaban J connectivity index is 2.12. The molecule has 1 aliphatic rings. The van der Waals surface area contributed by atoms with Gasteiger partial charge in [0.15, 0.2) is 0 Å². The molecule has 1 unspecified atom stereocenters. The molecule has 0 saturated carbocycles. The van der Waals surface area contributed by atoms with Gasteiger partial charge in [-0.05, 0) is 31.9 Å². The number of benzene rings is 1. The minimum atomic E-state index is -1.16. The third-order valence-corrected chi connectivity index (χ3v) is 3.27. The number of nitrogens with zero attached hydrogens (tertiary/aromatic N) is 1. The Kier molecular flexibility index (Phi) is 3.23. The average molecular weight is 249 g/mol. The minimum absolute atomic E-state index is 0.411. The van der Waals surface area contributed by atoms with Gasteiger partial charge < -0.3 is 9.84 Å². The number of carboxylic acid groups (broad SMARTS) is 1. The summed E-state index contributed by atoms with van der Waals surface area (Å²) in [5.74, 6) is -0.577. The van der Waals surface area contributed by atoms with Crippen molar-refractivity contribution in [2.75, 3.05) is 6.54 Å². The van der Waals surface area contributed by atoms with E-state index in [9.17, 15) is 14.7 Å². The molecule has 0 aliphatic carbocycles. The number of carbonyl (C=O) groups excluding carboxylic acids is 1. The fourth-order valence-corrected chi connectivity index (χ4v) is 2.12. The summed E-state index contributed by atoms with van der Waals surface area (Å²) >= 11 is 0. The van der Waals surface area contributed by atoms with Crippen molar-refractivity contribution < 1.29 is 19.4 Å². The minimum Gasteiger partial charge on any atom is -0.480 e. The van der Waals surface area contributed by atoms with Crippen LogP contribution in [-0.2, 0) is 4.79 Å². The fourth-order valence-electron chi connectivity index (χ4n) is 2.12. The second-order valence-corrected chi connectivity index (χ2v) is 4.52. The van der Waals surface area contributed by atoms with E-state index in [1.807, 2.05) is 6.07 Å². The first-order valence-electron chi connectivity index (χ1n) is 5.82. The largest absolute Gasteiger partial charge is 0.480 e. The average Bonchev–Trinajstić information content (AvgIpc) is 2.74. The summed E-state index contributed by atoms with van der Waals surface area (Å²) in [5.41, 5.74) is -1.16. The number of likely N-dealkylation sites (tertiary alicyclic amines) is 1. The second kappa shape index (κ2) is 4.68. The maximum Gasteiger partial charge on any atom is 0.416 e. The molecule has 1 atom stereocenters. The van der Waals surface area contributed by atoms with E-state index >= 15 is 0 Å². The molecule has 1 aliphatic heterocycles. The molecule has 1 N–H and O–H groups in total. The molecule has 0 bridgehead atoms. The molecule has 96 valence electrons. The van der Waals surface area contributed by atoms with Crippen molar-refractivity contribution in [1.29, 1.82) is 0 Å². The van der Waals surface area contributed by atoms with Crippen molar-refractivity contribution in [1.82, 2.24) is 4.90 Å². The number of carbonyl (C=O) groups is 2. The fraction of sp³-hybridized carbons (Fsp3) is 0.385. The van der Waals surface area contributed by atoms with Crippen molar-refractivity contribution in [2.45, 2.75) is 25.3 Å². The van der Waals surface area contributed by atoms with Gasteiger partial charge in [-0.2, -0.15) is 0 Å². The van der Waals surface area contributed by atoms with Gasteiger partial charge in [-0.1, -0.05) is 18.2 Å². The molecular weight excluding hydrogens is 234 g/mol. The summed E-state index contributed by atoms with van der Waals surface area (Å²) in [6.07, 6.45) is 0.516. The molecular formula is C13H15NO4. The molecule has 1 amide bonds. The van der Waals surface area contributed by atoms with E-state index in [0.717, 1.165) is 0 Å². The lowest BCUT2D eigenvalue weighted by Gasteiger charge is -2.30. The van der Waals surface area contributed by atoms with Crippen LogP contribution in [0.2, 0.25) is 0 Å². The second-order valence-electron chi connectivity index (χ2n) is 4.52. The molecule has 18 heavy (non-hydrogen) atoms. The summed E-state index contributed by atoms with van der Waals surface area (Å²) in [4.78, 5) is 24.5. The van der Waals surface area contributed by atoms with E-state index < -0.39 is 17.6 Å². The number of aliphatic carboxylic acids is 1. The summed E-state index contributed by atoms with van der Waals surface area (Å²) in [7, 11) is 0. The van der Waals surface area contributed by atoms with Crippen molar-refractivity contribution >= 4 is 12.1 Å². The van der Waals surface area contributed by atoms with Gasteiger partial charge in [0.1, 0.15) is 11.3 Å². The van der Waals surface area contributed by atoms with E-state index in [4.69, 9.17) is 4.74 Å². The van der Waals surface area contributed by atoms with Crippen LogP contribution in [0.1, 0.15) is 19.8 Å². The standard InChI is InChI=1S/C13H15NO4/c1-13(11(15)16)8-5-9-14(13)12(17)18-10-6-3-2-4-7-10/h2-4,6-7H,5,8-9H2,1H3,(H,15,16). The highest BCUT2D eigenvalue weighted by atomic mass is 16.6. The van der Waals surface area contributed by atoms with Crippen molar-refractivity contribution in [3.8, 4) is 5.75 Å². The maximum absolute atomic E-state index is 12.0. The number of amides is 1. The Bertz CT molecular complexity index is 459. The van der Waals surface area contributed by atoms with Gasteiger partial charge in [0.2, 0.25) is 0 Å². The lowest BCUT2D eigenvalue weighted by molar-refractivity contribution is -0.147. The quantitative estimate of drug-likeness (QED) is 0.871. The highest BCUT2D eigenvalue weighted by Gasteiger charge is 2.46. The van der Waals surface area contributed by atoms with Gasteiger partial charge in [0.25, 0.3) is 0 Å². The van der Waals surface area contributed by atoms with Gasteiger partial charge in [0.05, 0.1) is 0 Å². The zero-order chi connectivity index (χ0) is 13.2. The van der Waals surface area contributed by atoms with Crippen LogP contribution in [0.5, 0.6) is 5.75 Å². The molecule has 0 spiro atoms. The highest BCUT2D eigenvalue weighted by molar-refractivity contribution is 5.85. The predicted molar refractivity (Wildman–Crippen MR) is 64.4 cm³/mol. The summed E-state index contributed by atoms with van der Waals surface area (Å²) < 4.78 is 5.17. The lowest BCUT2D eigenvalue weighted by Crippen LogP contribution is -2.51. The van der Waals surface area contributed by atoms with E-state index in [-0.39, 0.29) is 0 Å². The Labute approximate surface area is 105 Å². The van der Waals surface area contributed by atoms with Crippen molar-refractivity contribution in [2.24, 2.45) is 0 Å². The van der Waals surface area contributed by atoms with Crippen LogP contribution in [0.4, 0.5) is 4.79 Å². The summed E-state index contributed by atoms with van der Waals surface area (Å²) in [6, 6.07) is 8.64. The first-order valence-corrected chi connectivity index (χ1v) is 5.82. The Hall–Kier alpha value is -2.04. The van der Waals surface area contributed by atoms with Crippen molar-refractivity contribution in [3.05, 3.63) is 30.3 Å². The van der Waals surface area contributed by atoms with Crippen LogP contribution >= 0.6 is 0 Å². The number of hydrogen-bond acceptors (Lipinski definition) is 3. The first-order chi connectivity index (χ1) is 8.54. The maximum atomic E-state index is 12.0. The van der Waals surface area contributed by atoms with E-state index in [1.54, 1.807) is 31.2 Å². The van der Waals surface area contributed by atoms with E-state index in [2.05, 4.69) is 0 Å².